The van der Waals surface area contributed by atoms with Crippen molar-refractivity contribution >= 4 is 0 Å². The molecule has 2 rings (SSSR count). The fraction of sp³-hybridized carbons (Fsp3) is 0.467. The minimum atomic E-state index is -4.33. The molecule has 0 amide bonds. The molecule has 5 heteroatoms. The van der Waals surface area contributed by atoms with E-state index in [2.05, 4.69) is 0 Å². The number of alkyl halides is 3. The van der Waals surface area contributed by atoms with Gasteiger partial charge in [-0.15, -0.1) is 0 Å². The highest BCUT2D eigenvalue weighted by Gasteiger charge is 2.25. The van der Waals surface area contributed by atoms with E-state index in [0.29, 0.717) is 5.56 Å². The molecule has 1 saturated heterocycles. The van der Waals surface area contributed by atoms with Crippen LogP contribution >= 0.6 is 0 Å². The van der Waals surface area contributed by atoms with E-state index in [1.165, 1.54) is 18.2 Å². The smallest absolute Gasteiger partial charge is 0.293 e. The lowest BCUT2D eigenvalue weighted by molar-refractivity contribution is -0.0804. The molecule has 1 unspecified atom stereocenters. The van der Waals surface area contributed by atoms with Crippen LogP contribution in [0.25, 0.3) is 0 Å². The summed E-state index contributed by atoms with van der Waals surface area (Å²) in [5, 5.41) is 0. The number of piperidine rings is 1. The second-order valence-electron chi connectivity index (χ2n) is 4.99. The Balaban J connectivity index is 2.23. The summed E-state index contributed by atoms with van der Waals surface area (Å²) < 4.78 is 50.1. The van der Waals surface area contributed by atoms with E-state index in [4.69, 9.17) is 0 Å². The molecule has 0 spiro atoms. The Bertz CT molecular complexity index is 444. The first kappa shape index (κ1) is 15.0. The Morgan fingerprint density at radius 3 is 2.15 bits per heavy atom. The third-order valence-electron chi connectivity index (χ3n) is 3.46. The summed E-state index contributed by atoms with van der Waals surface area (Å²) in [6.07, 6.45) is 0.187. The lowest BCUT2D eigenvalue weighted by atomic mass is 10.0. The molecule has 1 heterocycles. The predicted octanol–water partition coefficient (Wildman–Crippen LogP) is 4.47. The third kappa shape index (κ3) is 4.34. The molecule has 0 radical (unpaired) electrons. The summed E-state index contributed by atoms with van der Waals surface area (Å²) in [4.78, 5) is 2.01. The molecule has 1 aromatic carbocycles. The van der Waals surface area contributed by atoms with Crippen molar-refractivity contribution in [3.8, 4) is 0 Å². The van der Waals surface area contributed by atoms with Gasteiger partial charge in [0.15, 0.2) is 0 Å². The maximum atomic E-state index is 13.0. The van der Waals surface area contributed by atoms with E-state index in [9.17, 15) is 17.6 Å². The van der Waals surface area contributed by atoms with E-state index in [1.54, 1.807) is 12.1 Å². The minimum Gasteiger partial charge on any atom is -0.293 e. The van der Waals surface area contributed by atoms with Gasteiger partial charge >= 0.3 is 6.18 Å². The van der Waals surface area contributed by atoms with Crippen LogP contribution in [-0.2, 0) is 0 Å². The molecule has 1 aromatic rings. The average molecular weight is 287 g/mol. The number of halogens is 4. The zero-order valence-electron chi connectivity index (χ0n) is 11.0. The number of hydrogen-bond acceptors (Lipinski definition) is 1. The van der Waals surface area contributed by atoms with Crippen LogP contribution in [0.1, 0.15) is 30.9 Å². The summed E-state index contributed by atoms with van der Waals surface area (Å²) >= 11 is 0. The first-order valence-corrected chi connectivity index (χ1v) is 6.71. The van der Waals surface area contributed by atoms with Gasteiger partial charge in [-0.3, -0.25) is 4.90 Å². The summed E-state index contributed by atoms with van der Waals surface area (Å²) in [6, 6.07) is 5.23. The molecule has 1 aliphatic heterocycles. The van der Waals surface area contributed by atoms with Gasteiger partial charge in [-0.1, -0.05) is 24.6 Å². The quantitative estimate of drug-likeness (QED) is 0.585. The molecule has 20 heavy (non-hydrogen) atoms. The van der Waals surface area contributed by atoms with Crippen molar-refractivity contribution in [1.29, 1.82) is 0 Å². The molecule has 1 atom stereocenters. The zero-order valence-corrected chi connectivity index (χ0v) is 11.0. The van der Waals surface area contributed by atoms with Gasteiger partial charge in [0, 0.05) is 6.08 Å². The van der Waals surface area contributed by atoms with Crippen molar-refractivity contribution < 1.29 is 17.6 Å². The second-order valence-corrected chi connectivity index (χ2v) is 4.99. The highest BCUT2D eigenvalue weighted by atomic mass is 19.4. The predicted molar refractivity (Wildman–Crippen MR) is 69.8 cm³/mol. The highest BCUT2D eigenvalue weighted by Crippen LogP contribution is 2.28. The molecular weight excluding hydrogens is 270 g/mol. The first-order chi connectivity index (χ1) is 9.46. The fourth-order valence-electron chi connectivity index (χ4n) is 2.50. The lowest BCUT2D eigenvalue weighted by Gasteiger charge is -2.33. The van der Waals surface area contributed by atoms with Crippen LogP contribution in [-0.4, -0.2) is 24.2 Å². The maximum Gasteiger partial charge on any atom is 0.409 e. The Morgan fingerprint density at radius 1 is 1.00 bits per heavy atom. The normalized spacial score (nSPS) is 19.4. The van der Waals surface area contributed by atoms with E-state index in [1.807, 2.05) is 4.90 Å². The maximum absolute atomic E-state index is 13.0. The monoisotopic (exact) mass is 287 g/mol. The van der Waals surface area contributed by atoms with Gasteiger partial charge in [-0.2, -0.15) is 13.2 Å². The minimum absolute atomic E-state index is 0.273. The van der Waals surface area contributed by atoms with Crippen LogP contribution in [0.2, 0.25) is 0 Å². The van der Waals surface area contributed by atoms with Crippen LogP contribution < -0.4 is 0 Å². The fourth-order valence-corrected chi connectivity index (χ4v) is 2.50. The summed E-state index contributed by atoms with van der Waals surface area (Å²) in [6.45, 7) is 1.54. The number of benzene rings is 1. The Hall–Kier alpha value is -1.36. The molecule has 1 aliphatic rings. The third-order valence-corrected chi connectivity index (χ3v) is 3.46. The Labute approximate surface area is 115 Å². The largest absolute Gasteiger partial charge is 0.409 e. The molecule has 0 bridgehead atoms. The van der Waals surface area contributed by atoms with Crippen molar-refractivity contribution in [3.63, 3.8) is 0 Å². The highest BCUT2D eigenvalue weighted by molar-refractivity contribution is 5.24. The molecule has 0 N–H and O–H groups in total. The number of rotatable bonds is 3. The number of hydrogen-bond donors (Lipinski definition) is 0. The van der Waals surface area contributed by atoms with Gasteiger partial charge < -0.3 is 0 Å². The summed E-state index contributed by atoms with van der Waals surface area (Å²) in [5.74, 6) is -0.383. The van der Waals surface area contributed by atoms with Crippen LogP contribution in [0.5, 0.6) is 0 Å². The number of likely N-dealkylation sites (tertiary alicyclic amines) is 1. The topological polar surface area (TPSA) is 3.24 Å². The van der Waals surface area contributed by atoms with E-state index in [0.717, 1.165) is 32.4 Å². The molecule has 110 valence electrons. The van der Waals surface area contributed by atoms with Gasteiger partial charge in [0.05, 0.1) is 6.04 Å². The van der Waals surface area contributed by atoms with Gasteiger partial charge in [0.2, 0.25) is 0 Å². The van der Waals surface area contributed by atoms with E-state index in [-0.39, 0.29) is 11.9 Å². The Kier molecular flexibility index (Phi) is 4.81. The van der Waals surface area contributed by atoms with Crippen LogP contribution in [0.3, 0.4) is 0 Å². The standard InChI is InChI=1S/C15H17F4N/c16-13-6-4-12(5-7-13)14(8-9-15(17,18)19)20-10-2-1-3-11-20/h4-9,14H,1-3,10-11H2/b9-8+. The van der Waals surface area contributed by atoms with Crippen molar-refractivity contribution in [3.05, 3.63) is 47.8 Å². The zero-order chi connectivity index (χ0) is 14.6. The SMILES string of the molecule is Fc1ccc(C(/C=C/C(F)(F)F)N2CCCCC2)cc1. The summed E-state index contributed by atoms with van der Waals surface area (Å²) in [7, 11) is 0. The van der Waals surface area contributed by atoms with Gasteiger partial charge in [0.1, 0.15) is 5.82 Å². The van der Waals surface area contributed by atoms with E-state index >= 15 is 0 Å². The van der Waals surface area contributed by atoms with Crippen LogP contribution in [0, 0.1) is 5.82 Å². The molecule has 1 nitrogen and oxygen atoms in total. The second kappa shape index (κ2) is 6.39. The summed E-state index contributed by atoms with van der Waals surface area (Å²) in [5.41, 5.74) is 0.689. The van der Waals surface area contributed by atoms with Crippen molar-refractivity contribution in [2.45, 2.75) is 31.5 Å². The van der Waals surface area contributed by atoms with Gasteiger partial charge in [-0.05, 0) is 43.6 Å². The molecular formula is C15H17F4N. The number of nitrogens with zero attached hydrogens (tertiary/aromatic N) is 1. The molecule has 1 fully saturated rings. The molecule has 0 aromatic heterocycles. The van der Waals surface area contributed by atoms with Crippen molar-refractivity contribution in [2.75, 3.05) is 13.1 Å². The Morgan fingerprint density at radius 2 is 1.60 bits per heavy atom. The number of allylic oxidation sites excluding steroid dienone is 1. The van der Waals surface area contributed by atoms with E-state index < -0.39 is 12.2 Å². The van der Waals surface area contributed by atoms with Crippen LogP contribution in [0.4, 0.5) is 17.6 Å². The molecule has 0 aliphatic carbocycles. The van der Waals surface area contributed by atoms with Gasteiger partial charge in [-0.25, -0.2) is 4.39 Å². The van der Waals surface area contributed by atoms with Crippen molar-refractivity contribution in [2.24, 2.45) is 0 Å². The van der Waals surface area contributed by atoms with Gasteiger partial charge in [0.25, 0.3) is 0 Å². The van der Waals surface area contributed by atoms with Crippen molar-refractivity contribution in [1.82, 2.24) is 4.90 Å². The lowest BCUT2D eigenvalue weighted by Crippen LogP contribution is -2.33. The average Bonchev–Trinajstić information content (AvgIpc) is 2.41. The first-order valence-electron chi connectivity index (χ1n) is 6.71. The van der Waals surface area contributed by atoms with Crippen LogP contribution in [0.15, 0.2) is 36.4 Å². The molecule has 0 saturated carbocycles.